The van der Waals surface area contributed by atoms with Crippen molar-refractivity contribution in [2.45, 2.75) is 45.6 Å². The number of likely N-dealkylation sites (tertiary alicyclic amines) is 1. The van der Waals surface area contributed by atoms with Gasteiger partial charge < -0.3 is 9.64 Å². The van der Waals surface area contributed by atoms with Gasteiger partial charge in [0.25, 0.3) is 0 Å². The van der Waals surface area contributed by atoms with Crippen molar-refractivity contribution in [3.05, 3.63) is 30.2 Å². The fourth-order valence-corrected chi connectivity index (χ4v) is 2.55. The van der Waals surface area contributed by atoms with Gasteiger partial charge in [-0.15, -0.1) is 0 Å². The lowest BCUT2D eigenvalue weighted by Crippen LogP contribution is -2.41. The summed E-state index contributed by atoms with van der Waals surface area (Å²) in [6.45, 7) is 7.33. The minimum absolute atomic E-state index is 0.174. The quantitative estimate of drug-likeness (QED) is 0.720. The summed E-state index contributed by atoms with van der Waals surface area (Å²) < 4.78 is 5.41. The molecule has 19 heavy (non-hydrogen) atoms. The van der Waals surface area contributed by atoms with Gasteiger partial charge in [0, 0.05) is 13.1 Å². The van der Waals surface area contributed by atoms with Gasteiger partial charge in [-0.3, -0.25) is 0 Å². The third kappa shape index (κ3) is 4.12. The molecule has 0 saturated carbocycles. The van der Waals surface area contributed by atoms with Crippen molar-refractivity contribution in [2.75, 3.05) is 13.1 Å². The second kappa shape index (κ2) is 5.81. The number of ether oxygens (including phenoxy) is 1. The van der Waals surface area contributed by atoms with E-state index in [2.05, 4.69) is 24.6 Å². The van der Waals surface area contributed by atoms with E-state index in [9.17, 15) is 4.79 Å². The lowest BCUT2D eigenvalue weighted by Gasteiger charge is -2.34. The topological polar surface area (TPSA) is 29.5 Å². The van der Waals surface area contributed by atoms with Gasteiger partial charge in [0.2, 0.25) is 0 Å². The zero-order valence-corrected chi connectivity index (χ0v) is 12.2. The van der Waals surface area contributed by atoms with Crippen LogP contribution < -0.4 is 0 Å². The zero-order valence-electron chi connectivity index (χ0n) is 12.2. The van der Waals surface area contributed by atoms with Gasteiger partial charge in [-0.1, -0.05) is 18.2 Å². The predicted molar refractivity (Wildman–Crippen MR) is 76.7 cm³/mol. The smallest absolute Gasteiger partial charge is 0.410 e. The van der Waals surface area contributed by atoms with E-state index in [4.69, 9.17) is 4.74 Å². The highest BCUT2D eigenvalue weighted by atomic mass is 16.6. The zero-order chi connectivity index (χ0) is 13.9. The van der Waals surface area contributed by atoms with Crippen LogP contribution in [0.25, 0.3) is 0 Å². The van der Waals surface area contributed by atoms with Crippen molar-refractivity contribution >= 4 is 6.09 Å². The summed E-state index contributed by atoms with van der Waals surface area (Å²) in [5.41, 5.74) is 1.03. The summed E-state index contributed by atoms with van der Waals surface area (Å²) in [5.74, 6) is 0.601. The highest BCUT2D eigenvalue weighted by molar-refractivity contribution is 5.68. The Hall–Kier alpha value is -1.25. The van der Waals surface area contributed by atoms with E-state index >= 15 is 0 Å². The highest BCUT2D eigenvalue weighted by Crippen LogP contribution is 2.28. The number of carbonyl (C=O) groups is 1. The molecule has 0 aromatic rings. The molecule has 1 amide bonds. The van der Waals surface area contributed by atoms with Crippen LogP contribution in [0, 0.1) is 12.3 Å². The van der Waals surface area contributed by atoms with Crippen molar-refractivity contribution < 1.29 is 9.53 Å². The van der Waals surface area contributed by atoms with E-state index in [1.165, 1.54) is 5.57 Å². The molecule has 0 aromatic heterocycles. The van der Waals surface area contributed by atoms with Crippen LogP contribution in [0.2, 0.25) is 0 Å². The Labute approximate surface area is 116 Å². The molecule has 1 heterocycles. The summed E-state index contributed by atoms with van der Waals surface area (Å²) in [6.07, 6.45) is 11.7. The van der Waals surface area contributed by atoms with E-state index in [-0.39, 0.29) is 6.09 Å². The first-order valence-electron chi connectivity index (χ1n) is 7.13. The number of nitrogens with zero attached hydrogens (tertiary/aromatic N) is 1. The first-order valence-corrected chi connectivity index (χ1v) is 7.13. The molecule has 2 rings (SSSR count). The summed E-state index contributed by atoms with van der Waals surface area (Å²) in [7, 11) is 0. The van der Waals surface area contributed by atoms with Gasteiger partial charge in [-0.05, 0) is 57.9 Å². The molecule has 0 bridgehead atoms. The molecule has 0 unspecified atom stereocenters. The van der Waals surface area contributed by atoms with Gasteiger partial charge in [0.15, 0.2) is 0 Å². The first kappa shape index (κ1) is 14.2. The van der Waals surface area contributed by atoms with E-state index < -0.39 is 5.60 Å². The Balaban J connectivity index is 1.84. The van der Waals surface area contributed by atoms with Crippen molar-refractivity contribution in [2.24, 2.45) is 5.92 Å². The van der Waals surface area contributed by atoms with E-state index in [1.54, 1.807) is 0 Å². The minimum Gasteiger partial charge on any atom is -0.444 e. The summed E-state index contributed by atoms with van der Waals surface area (Å²) in [5, 5.41) is 0. The number of hydrogen-bond donors (Lipinski definition) is 0. The van der Waals surface area contributed by atoms with Gasteiger partial charge >= 0.3 is 6.09 Å². The van der Waals surface area contributed by atoms with Crippen LogP contribution in [-0.2, 0) is 4.74 Å². The third-order valence-electron chi connectivity index (χ3n) is 3.53. The maximum atomic E-state index is 12.0. The van der Waals surface area contributed by atoms with E-state index in [0.29, 0.717) is 5.92 Å². The van der Waals surface area contributed by atoms with Crippen molar-refractivity contribution in [1.82, 2.24) is 4.90 Å². The molecule has 1 saturated heterocycles. The molecule has 1 radical (unpaired) electrons. The minimum atomic E-state index is -0.404. The second-order valence-corrected chi connectivity index (χ2v) is 6.28. The molecule has 105 valence electrons. The average Bonchev–Trinajstić information content (AvgIpc) is 2.38. The molecule has 3 heteroatoms. The monoisotopic (exact) mass is 262 g/mol. The van der Waals surface area contributed by atoms with Crippen molar-refractivity contribution in [3.8, 4) is 0 Å². The van der Waals surface area contributed by atoms with Crippen LogP contribution in [0.1, 0.15) is 40.0 Å². The Morgan fingerprint density at radius 3 is 2.53 bits per heavy atom. The van der Waals surface area contributed by atoms with Gasteiger partial charge in [0.05, 0.1) is 0 Å². The summed E-state index contributed by atoms with van der Waals surface area (Å²) in [4.78, 5) is 13.8. The Kier molecular flexibility index (Phi) is 4.33. The van der Waals surface area contributed by atoms with Crippen molar-refractivity contribution in [1.29, 1.82) is 0 Å². The first-order chi connectivity index (χ1) is 8.96. The van der Waals surface area contributed by atoms with Crippen LogP contribution in [0.4, 0.5) is 4.79 Å². The fourth-order valence-electron chi connectivity index (χ4n) is 2.55. The Bertz CT molecular complexity index is 382. The van der Waals surface area contributed by atoms with Crippen LogP contribution >= 0.6 is 0 Å². The van der Waals surface area contributed by atoms with Gasteiger partial charge in [-0.2, -0.15) is 0 Å². The van der Waals surface area contributed by atoms with Crippen LogP contribution in [0.15, 0.2) is 23.8 Å². The molecule has 3 nitrogen and oxygen atoms in total. The molecule has 0 aromatic carbocycles. The number of piperidine rings is 1. The Morgan fingerprint density at radius 2 is 2.00 bits per heavy atom. The SMILES string of the molecule is CC(C)(C)OC(=O)N1CCC(C2=CC[CH]C=C2)CC1. The molecule has 1 aliphatic carbocycles. The molecular weight excluding hydrogens is 238 g/mol. The Morgan fingerprint density at radius 1 is 1.32 bits per heavy atom. The number of amides is 1. The van der Waals surface area contributed by atoms with Crippen LogP contribution in [0.3, 0.4) is 0 Å². The molecule has 2 aliphatic rings. The third-order valence-corrected chi connectivity index (χ3v) is 3.53. The number of hydrogen-bond acceptors (Lipinski definition) is 2. The normalized spacial score (nSPS) is 21.2. The number of carbonyl (C=O) groups excluding carboxylic acids is 1. The largest absolute Gasteiger partial charge is 0.444 e. The van der Waals surface area contributed by atoms with E-state index in [1.807, 2.05) is 25.7 Å². The maximum Gasteiger partial charge on any atom is 0.410 e. The van der Waals surface area contributed by atoms with Crippen LogP contribution in [-0.4, -0.2) is 29.7 Å². The number of allylic oxidation sites excluding steroid dienone is 4. The molecule has 0 N–H and O–H groups in total. The second-order valence-electron chi connectivity index (χ2n) is 6.28. The highest BCUT2D eigenvalue weighted by Gasteiger charge is 2.27. The lowest BCUT2D eigenvalue weighted by atomic mass is 9.86. The van der Waals surface area contributed by atoms with Gasteiger partial charge in [0.1, 0.15) is 5.60 Å². The van der Waals surface area contributed by atoms with E-state index in [0.717, 1.165) is 32.4 Å². The number of rotatable bonds is 1. The predicted octanol–water partition coefficient (Wildman–Crippen LogP) is 3.72. The average molecular weight is 262 g/mol. The standard InChI is InChI=1S/C16H24NO2/c1-16(2,3)19-15(18)17-11-9-14(10-12-17)13-7-5-4-6-8-13/h4-5,7-8,14H,6,9-12H2,1-3H3. The summed E-state index contributed by atoms with van der Waals surface area (Å²) >= 11 is 0. The van der Waals surface area contributed by atoms with Crippen LogP contribution in [0.5, 0.6) is 0 Å². The maximum absolute atomic E-state index is 12.0. The molecule has 1 fully saturated rings. The summed E-state index contributed by atoms with van der Waals surface area (Å²) in [6, 6.07) is 0. The molecule has 1 aliphatic heterocycles. The molecule has 0 spiro atoms. The molecular formula is C16H24NO2. The lowest BCUT2D eigenvalue weighted by molar-refractivity contribution is 0.0195. The fraction of sp³-hybridized carbons (Fsp3) is 0.625. The molecule has 0 atom stereocenters. The van der Waals surface area contributed by atoms with Crippen molar-refractivity contribution in [3.63, 3.8) is 0 Å². The van der Waals surface area contributed by atoms with Gasteiger partial charge in [-0.25, -0.2) is 4.79 Å².